The summed E-state index contributed by atoms with van der Waals surface area (Å²) in [6.45, 7) is 3.92. The van der Waals surface area contributed by atoms with Crippen LogP contribution in [0.4, 0.5) is 0 Å². The highest BCUT2D eigenvalue weighted by molar-refractivity contribution is 7.18. The molecule has 104 valence electrons. The van der Waals surface area contributed by atoms with Crippen molar-refractivity contribution in [2.45, 2.75) is 57.7 Å². The molecule has 5 heteroatoms. The van der Waals surface area contributed by atoms with Gasteiger partial charge in [0, 0.05) is 0 Å². The third-order valence-corrected chi connectivity index (χ3v) is 4.82. The van der Waals surface area contributed by atoms with Gasteiger partial charge in [0.25, 0.3) is 0 Å². The topological polar surface area (TPSA) is 63.6 Å². The predicted octanol–water partition coefficient (Wildman–Crippen LogP) is 2.81. The Bertz CT molecular complexity index is 312. The average molecular weight is 274 g/mol. The zero-order valence-corrected chi connectivity index (χ0v) is 12.3. The van der Waals surface area contributed by atoms with Crippen LogP contribution in [-0.2, 0) is 14.3 Å². The van der Waals surface area contributed by atoms with Crippen molar-refractivity contribution in [1.82, 2.24) is 0 Å². The van der Waals surface area contributed by atoms with Crippen molar-refractivity contribution in [2.24, 2.45) is 11.8 Å². The van der Waals surface area contributed by atoms with E-state index in [2.05, 4.69) is 9.24 Å². The minimum atomic E-state index is -0.876. The van der Waals surface area contributed by atoms with Crippen LogP contribution in [-0.4, -0.2) is 22.4 Å². The monoisotopic (exact) mass is 274 g/mol. The third kappa shape index (κ3) is 3.68. The van der Waals surface area contributed by atoms with Crippen molar-refractivity contribution >= 4 is 21.2 Å². The van der Waals surface area contributed by atoms with Crippen LogP contribution in [0, 0.1) is 11.8 Å². The van der Waals surface area contributed by atoms with E-state index in [1.807, 2.05) is 13.8 Å². The van der Waals surface area contributed by atoms with Gasteiger partial charge in [0.2, 0.25) is 0 Å². The lowest BCUT2D eigenvalue weighted by atomic mass is 9.79. The first-order valence-electron chi connectivity index (χ1n) is 6.68. The molecule has 3 atom stereocenters. The molecule has 3 unspecified atom stereocenters. The summed E-state index contributed by atoms with van der Waals surface area (Å²) in [6.07, 6.45) is 4.43. The van der Waals surface area contributed by atoms with Gasteiger partial charge in [-0.15, -0.1) is 0 Å². The number of hydrogen-bond donors (Lipinski definition) is 1. The van der Waals surface area contributed by atoms with Gasteiger partial charge in [-0.25, -0.2) is 0 Å². The maximum absolute atomic E-state index is 12.1. The fourth-order valence-electron chi connectivity index (χ4n) is 2.38. The summed E-state index contributed by atoms with van der Waals surface area (Å²) >= 11 is 0. The van der Waals surface area contributed by atoms with Crippen molar-refractivity contribution in [3.8, 4) is 0 Å². The number of rotatable bonds is 5. The lowest BCUT2D eigenvalue weighted by molar-refractivity contribution is -0.166. The van der Waals surface area contributed by atoms with E-state index in [0.717, 1.165) is 12.8 Å². The average Bonchev–Trinajstić information content (AvgIpc) is 2.38. The van der Waals surface area contributed by atoms with E-state index in [1.165, 1.54) is 0 Å². The molecule has 1 N–H and O–H groups in total. The predicted molar refractivity (Wildman–Crippen MR) is 72.2 cm³/mol. The maximum Gasteiger partial charge on any atom is 0.310 e. The second-order valence-corrected chi connectivity index (χ2v) is 6.08. The Balaban J connectivity index is 2.72. The second kappa shape index (κ2) is 6.51. The first-order chi connectivity index (χ1) is 8.43. The summed E-state index contributed by atoms with van der Waals surface area (Å²) in [4.78, 5) is 23.3. The van der Waals surface area contributed by atoms with Crippen LogP contribution in [0.3, 0.4) is 0 Å². The van der Waals surface area contributed by atoms with Gasteiger partial charge in [-0.1, -0.05) is 35.9 Å². The van der Waals surface area contributed by atoms with Gasteiger partial charge in [0.05, 0.1) is 11.8 Å². The molecule has 0 aromatic heterocycles. The van der Waals surface area contributed by atoms with E-state index in [-0.39, 0.29) is 5.97 Å². The fraction of sp³-hybridized carbons (Fsp3) is 0.846. The Kier molecular flexibility index (Phi) is 5.58. The zero-order valence-electron chi connectivity index (χ0n) is 11.1. The molecule has 0 aliphatic heterocycles. The molecule has 4 nitrogen and oxygen atoms in total. The van der Waals surface area contributed by atoms with E-state index in [0.29, 0.717) is 25.7 Å². The standard InChI is InChI=1S/C13H23O4P/c1-3-13(18,4-2)17-12(16)10-8-6-5-7-9(10)11(14)15/h9-10H,3-8,18H2,1-2H3,(H,14,15). The Morgan fingerprint density at radius 2 is 1.72 bits per heavy atom. The van der Waals surface area contributed by atoms with Crippen LogP contribution in [0.1, 0.15) is 52.4 Å². The molecule has 0 saturated heterocycles. The quantitative estimate of drug-likeness (QED) is 0.618. The van der Waals surface area contributed by atoms with Gasteiger partial charge in [-0.2, -0.15) is 0 Å². The molecule has 0 amide bonds. The van der Waals surface area contributed by atoms with Gasteiger partial charge >= 0.3 is 11.9 Å². The highest BCUT2D eigenvalue weighted by Gasteiger charge is 2.39. The summed E-state index contributed by atoms with van der Waals surface area (Å²) < 4.78 is 5.52. The zero-order chi connectivity index (χ0) is 13.8. The molecular weight excluding hydrogens is 251 g/mol. The highest BCUT2D eigenvalue weighted by atomic mass is 31.0. The van der Waals surface area contributed by atoms with Gasteiger partial charge in [0.1, 0.15) is 5.34 Å². The van der Waals surface area contributed by atoms with E-state index in [1.54, 1.807) is 0 Å². The molecule has 1 fully saturated rings. The minimum absolute atomic E-state index is 0.346. The number of carbonyl (C=O) groups is 2. The first-order valence-corrected chi connectivity index (χ1v) is 7.25. The molecule has 1 saturated carbocycles. The lowest BCUT2D eigenvalue weighted by Crippen LogP contribution is -2.37. The highest BCUT2D eigenvalue weighted by Crippen LogP contribution is 2.35. The number of carboxylic acid groups (broad SMARTS) is 1. The molecule has 1 aliphatic rings. The number of hydrogen-bond acceptors (Lipinski definition) is 3. The van der Waals surface area contributed by atoms with Gasteiger partial charge < -0.3 is 9.84 Å². The molecule has 0 spiro atoms. The van der Waals surface area contributed by atoms with Crippen LogP contribution >= 0.6 is 9.24 Å². The number of ether oxygens (including phenoxy) is 1. The van der Waals surface area contributed by atoms with Gasteiger partial charge in [-0.3, -0.25) is 9.59 Å². The summed E-state index contributed by atoms with van der Waals surface area (Å²) in [5.74, 6) is -2.27. The van der Waals surface area contributed by atoms with Gasteiger partial charge in [-0.05, 0) is 25.7 Å². The Labute approximate surface area is 111 Å². The smallest absolute Gasteiger partial charge is 0.310 e. The fourth-order valence-corrected chi connectivity index (χ4v) is 2.50. The van der Waals surface area contributed by atoms with E-state index < -0.39 is 23.1 Å². The van der Waals surface area contributed by atoms with Crippen LogP contribution < -0.4 is 0 Å². The Morgan fingerprint density at radius 3 is 2.17 bits per heavy atom. The van der Waals surface area contributed by atoms with Crippen LogP contribution in [0.5, 0.6) is 0 Å². The van der Waals surface area contributed by atoms with Crippen molar-refractivity contribution in [3.63, 3.8) is 0 Å². The van der Waals surface area contributed by atoms with Crippen LogP contribution in [0.15, 0.2) is 0 Å². The lowest BCUT2D eigenvalue weighted by Gasteiger charge is -2.32. The first kappa shape index (κ1) is 15.4. The molecule has 0 radical (unpaired) electrons. The van der Waals surface area contributed by atoms with Crippen molar-refractivity contribution in [2.75, 3.05) is 0 Å². The van der Waals surface area contributed by atoms with E-state index in [9.17, 15) is 9.59 Å². The van der Waals surface area contributed by atoms with E-state index >= 15 is 0 Å². The molecule has 0 heterocycles. The summed E-state index contributed by atoms with van der Waals surface area (Å²) in [6, 6.07) is 0. The van der Waals surface area contributed by atoms with Crippen molar-refractivity contribution in [1.29, 1.82) is 0 Å². The van der Waals surface area contributed by atoms with Gasteiger partial charge in [0.15, 0.2) is 0 Å². The molecular formula is C13H23O4P. The Morgan fingerprint density at radius 1 is 1.22 bits per heavy atom. The molecule has 1 rings (SSSR count). The summed E-state index contributed by atoms with van der Waals surface area (Å²) in [5, 5.41) is 8.61. The summed E-state index contributed by atoms with van der Waals surface area (Å²) in [5.41, 5.74) is 0. The molecule has 1 aliphatic carbocycles. The van der Waals surface area contributed by atoms with Crippen LogP contribution in [0.25, 0.3) is 0 Å². The maximum atomic E-state index is 12.1. The SMILES string of the molecule is CCC(P)(CC)OC(=O)C1CCCCC1C(=O)O. The second-order valence-electron chi connectivity index (χ2n) is 5.03. The summed E-state index contributed by atoms with van der Waals surface area (Å²) in [7, 11) is 2.58. The normalized spacial score (nSPS) is 24.6. The largest absolute Gasteiger partial charge is 0.481 e. The number of carbonyl (C=O) groups excluding carboxylic acids is 1. The number of carboxylic acids is 1. The van der Waals surface area contributed by atoms with Crippen LogP contribution in [0.2, 0.25) is 0 Å². The molecule has 0 aromatic carbocycles. The minimum Gasteiger partial charge on any atom is -0.481 e. The molecule has 0 bridgehead atoms. The number of aliphatic carboxylic acids is 1. The van der Waals surface area contributed by atoms with Crippen molar-refractivity contribution in [3.05, 3.63) is 0 Å². The Hall–Kier alpha value is -0.630. The van der Waals surface area contributed by atoms with Crippen molar-refractivity contribution < 1.29 is 19.4 Å². The number of esters is 1. The van der Waals surface area contributed by atoms with E-state index in [4.69, 9.17) is 9.84 Å². The molecule has 0 aromatic rings. The molecule has 18 heavy (non-hydrogen) atoms. The third-order valence-electron chi connectivity index (χ3n) is 3.89.